The van der Waals surface area contributed by atoms with Gasteiger partial charge in [-0.3, -0.25) is 9.59 Å². The van der Waals surface area contributed by atoms with Gasteiger partial charge in [0, 0.05) is 12.8 Å². The van der Waals surface area contributed by atoms with Crippen molar-refractivity contribution in [2.45, 2.75) is 96.4 Å². The smallest absolute Gasteiger partial charge is 0.303 e. The van der Waals surface area contributed by atoms with Gasteiger partial charge in [0.25, 0.3) is 11.9 Å². The summed E-state index contributed by atoms with van der Waals surface area (Å²) in [5.41, 5.74) is 5.10. The Bertz CT molecular complexity index is 665. The number of aliphatic carboxylic acids is 1. The number of primary amides is 1. The Morgan fingerprint density at radius 1 is 0.900 bits per heavy atom. The van der Waals surface area contributed by atoms with E-state index in [0.717, 1.165) is 51.4 Å². The molecule has 6 nitrogen and oxygen atoms in total. The highest BCUT2D eigenvalue weighted by Gasteiger charge is 2.12. The number of aromatic nitrogens is 2. The number of carboxylic acids is 1. The summed E-state index contributed by atoms with van der Waals surface area (Å²) >= 11 is 0. The van der Waals surface area contributed by atoms with Crippen LogP contribution < -0.4 is 10.3 Å². The second kappa shape index (κ2) is 16.5. The van der Waals surface area contributed by atoms with Crippen LogP contribution in [-0.2, 0) is 11.3 Å². The third kappa shape index (κ3) is 13.8. The number of amides is 1. The van der Waals surface area contributed by atoms with Gasteiger partial charge in [0.2, 0.25) is 12.4 Å². The standard InChI is InChI=1S/C23H36FN3O3/c24-21-19-27(18-20(26-21)23(25)30)17-15-13-11-9-7-5-3-1-2-4-6-8-10-12-14-16-22(28)29/h1-2,18-19H,3-17H2,(H2-,25,28,29,30)/p+1/b2-1-. The van der Waals surface area contributed by atoms with E-state index in [9.17, 15) is 14.0 Å². The SMILES string of the molecule is NC(=O)c1c[n+](CCCCCCCC/C=C\CCCCCCCC(=O)O)cc(F)n1. The van der Waals surface area contributed by atoms with Gasteiger partial charge in [-0.15, -0.1) is 0 Å². The molecule has 0 spiro atoms. The molecule has 168 valence electrons. The van der Waals surface area contributed by atoms with Crippen molar-refractivity contribution in [2.24, 2.45) is 5.73 Å². The molecule has 0 radical (unpaired) electrons. The maximum absolute atomic E-state index is 13.4. The van der Waals surface area contributed by atoms with Crippen LogP contribution in [0.1, 0.15) is 100 Å². The van der Waals surface area contributed by atoms with E-state index in [2.05, 4.69) is 17.1 Å². The Balaban J connectivity index is 1.91. The van der Waals surface area contributed by atoms with Gasteiger partial charge in [0.1, 0.15) is 6.54 Å². The van der Waals surface area contributed by atoms with Gasteiger partial charge in [-0.25, -0.2) is 4.98 Å². The molecule has 7 heteroatoms. The number of hydrogen-bond donors (Lipinski definition) is 2. The summed E-state index contributed by atoms with van der Waals surface area (Å²) in [5.74, 6) is -2.10. The number of unbranched alkanes of at least 4 members (excludes halogenated alkanes) is 11. The number of carbonyl (C=O) groups is 2. The molecule has 0 atom stereocenters. The van der Waals surface area contributed by atoms with Crippen LogP contribution in [0, 0.1) is 5.95 Å². The zero-order valence-electron chi connectivity index (χ0n) is 18.0. The number of halogens is 1. The van der Waals surface area contributed by atoms with Gasteiger partial charge in [-0.2, -0.15) is 8.96 Å². The zero-order valence-corrected chi connectivity index (χ0v) is 18.0. The fourth-order valence-corrected chi connectivity index (χ4v) is 3.32. The van der Waals surface area contributed by atoms with Crippen molar-refractivity contribution in [1.82, 2.24) is 4.98 Å². The van der Waals surface area contributed by atoms with E-state index < -0.39 is 17.8 Å². The minimum absolute atomic E-state index is 0.0428. The molecule has 30 heavy (non-hydrogen) atoms. The van der Waals surface area contributed by atoms with Gasteiger partial charge in [-0.1, -0.05) is 50.7 Å². The van der Waals surface area contributed by atoms with E-state index in [1.165, 1.54) is 44.5 Å². The van der Waals surface area contributed by atoms with Crippen molar-refractivity contribution >= 4 is 11.9 Å². The van der Waals surface area contributed by atoms with Crippen molar-refractivity contribution in [2.75, 3.05) is 0 Å². The summed E-state index contributed by atoms with van der Waals surface area (Å²) in [7, 11) is 0. The molecular formula is C23H37FN3O3+. The molecule has 0 fully saturated rings. The van der Waals surface area contributed by atoms with E-state index in [4.69, 9.17) is 10.8 Å². The molecule has 1 aromatic rings. The van der Waals surface area contributed by atoms with Crippen LogP contribution >= 0.6 is 0 Å². The average molecular weight is 423 g/mol. The van der Waals surface area contributed by atoms with Crippen LogP contribution in [0.15, 0.2) is 24.5 Å². The van der Waals surface area contributed by atoms with Crippen LogP contribution in [0.2, 0.25) is 0 Å². The van der Waals surface area contributed by atoms with Crippen LogP contribution in [0.4, 0.5) is 4.39 Å². The largest absolute Gasteiger partial charge is 0.481 e. The Labute approximate surface area is 179 Å². The quantitative estimate of drug-likeness (QED) is 0.203. The Hall–Kier alpha value is -2.31. The maximum Gasteiger partial charge on any atom is 0.303 e. The number of nitrogens with zero attached hydrogens (tertiary/aromatic N) is 2. The third-order valence-corrected chi connectivity index (χ3v) is 5.01. The van der Waals surface area contributed by atoms with Gasteiger partial charge < -0.3 is 10.8 Å². The minimum Gasteiger partial charge on any atom is -0.481 e. The van der Waals surface area contributed by atoms with Crippen molar-refractivity contribution < 1.29 is 23.7 Å². The molecule has 0 bridgehead atoms. The van der Waals surface area contributed by atoms with Crippen molar-refractivity contribution in [3.05, 3.63) is 36.2 Å². The van der Waals surface area contributed by atoms with Gasteiger partial charge in [0.05, 0.1) is 0 Å². The van der Waals surface area contributed by atoms with E-state index in [-0.39, 0.29) is 5.69 Å². The summed E-state index contributed by atoms with van der Waals surface area (Å²) in [4.78, 5) is 25.0. The van der Waals surface area contributed by atoms with Crippen LogP contribution in [-0.4, -0.2) is 22.0 Å². The fraction of sp³-hybridized carbons (Fsp3) is 0.652. The first-order valence-corrected chi connectivity index (χ1v) is 11.2. The first-order valence-electron chi connectivity index (χ1n) is 11.2. The topological polar surface area (TPSA) is 97.2 Å². The zero-order chi connectivity index (χ0) is 22.0. The first kappa shape index (κ1) is 25.7. The highest BCUT2D eigenvalue weighted by Crippen LogP contribution is 2.10. The summed E-state index contributed by atoms with van der Waals surface area (Å²) in [5, 5.41) is 8.57. The Kier molecular flexibility index (Phi) is 14.1. The fourth-order valence-electron chi connectivity index (χ4n) is 3.32. The lowest BCUT2D eigenvalue weighted by Gasteiger charge is -2.01. The molecule has 0 saturated carbocycles. The lowest BCUT2D eigenvalue weighted by molar-refractivity contribution is -0.699. The molecular weight excluding hydrogens is 385 g/mol. The molecule has 1 rings (SSSR count). The molecule has 1 aromatic heterocycles. The summed E-state index contributed by atoms with van der Waals surface area (Å²) in [6.45, 7) is 0.655. The number of allylic oxidation sites excluding steroid dienone is 2. The van der Waals surface area contributed by atoms with Crippen LogP contribution in [0.3, 0.4) is 0 Å². The van der Waals surface area contributed by atoms with E-state index in [1.807, 2.05) is 0 Å². The van der Waals surface area contributed by atoms with Crippen molar-refractivity contribution in [3.63, 3.8) is 0 Å². The monoisotopic (exact) mass is 422 g/mol. The maximum atomic E-state index is 13.4. The molecule has 0 aliphatic rings. The molecule has 0 aliphatic heterocycles. The lowest BCUT2D eigenvalue weighted by Crippen LogP contribution is -2.36. The normalized spacial score (nSPS) is 11.2. The second-order valence-electron chi connectivity index (χ2n) is 7.76. The minimum atomic E-state index is -0.717. The first-order chi connectivity index (χ1) is 14.5. The summed E-state index contributed by atoms with van der Waals surface area (Å²) in [6, 6.07) is 0. The molecule has 1 heterocycles. The lowest BCUT2D eigenvalue weighted by atomic mass is 10.1. The van der Waals surface area contributed by atoms with Crippen LogP contribution in [0.5, 0.6) is 0 Å². The number of hydrogen-bond acceptors (Lipinski definition) is 3. The molecule has 0 aromatic carbocycles. The molecule has 3 N–H and O–H groups in total. The predicted molar refractivity (Wildman–Crippen MR) is 114 cm³/mol. The predicted octanol–water partition coefficient (Wildman–Crippen LogP) is 4.71. The second-order valence-corrected chi connectivity index (χ2v) is 7.76. The molecule has 0 aliphatic carbocycles. The van der Waals surface area contributed by atoms with Crippen molar-refractivity contribution in [1.29, 1.82) is 0 Å². The van der Waals surface area contributed by atoms with Gasteiger partial charge in [-0.05, 0) is 38.5 Å². The van der Waals surface area contributed by atoms with E-state index in [0.29, 0.717) is 13.0 Å². The summed E-state index contributed by atoms with van der Waals surface area (Å²) < 4.78 is 15.0. The molecule has 0 saturated heterocycles. The molecule has 0 unspecified atom stereocenters. The highest BCUT2D eigenvalue weighted by atomic mass is 19.1. The Morgan fingerprint density at radius 2 is 1.43 bits per heavy atom. The molecule has 1 amide bonds. The third-order valence-electron chi connectivity index (χ3n) is 5.01. The number of rotatable bonds is 18. The average Bonchev–Trinajstić information content (AvgIpc) is 2.69. The van der Waals surface area contributed by atoms with Crippen LogP contribution in [0.25, 0.3) is 0 Å². The van der Waals surface area contributed by atoms with Gasteiger partial charge >= 0.3 is 5.97 Å². The number of nitrogens with two attached hydrogens (primary N) is 1. The van der Waals surface area contributed by atoms with E-state index >= 15 is 0 Å². The van der Waals surface area contributed by atoms with E-state index in [1.54, 1.807) is 4.57 Å². The Morgan fingerprint density at radius 3 is 2.00 bits per heavy atom. The number of carboxylic acid groups (broad SMARTS) is 1. The number of carbonyl (C=O) groups excluding carboxylic acids is 1. The number of aryl methyl sites for hydroxylation is 1. The highest BCUT2D eigenvalue weighted by molar-refractivity contribution is 5.90. The van der Waals surface area contributed by atoms with Gasteiger partial charge in [0.15, 0.2) is 5.69 Å². The van der Waals surface area contributed by atoms with Crippen molar-refractivity contribution in [3.8, 4) is 0 Å². The summed E-state index contributed by atoms with van der Waals surface area (Å²) in [6.07, 6.45) is 21.9.